The molecule has 1 aliphatic rings. The number of hydrogen-bond acceptors (Lipinski definition) is 3. The Kier molecular flexibility index (Phi) is 2.20. The van der Waals surface area contributed by atoms with Crippen LogP contribution >= 0.6 is 0 Å². The third kappa shape index (κ3) is 1.40. The van der Waals surface area contributed by atoms with Crippen molar-refractivity contribution < 1.29 is 4.74 Å². The quantitative estimate of drug-likeness (QED) is 0.667. The molecule has 0 atom stereocenters. The van der Waals surface area contributed by atoms with Gasteiger partial charge in [-0.15, -0.1) is 0 Å². The highest BCUT2D eigenvalue weighted by molar-refractivity contribution is 5.18. The summed E-state index contributed by atoms with van der Waals surface area (Å²) in [7, 11) is 0. The molecule has 13 heavy (non-hydrogen) atoms. The molecule has 0 fully saturated rings. The van der Waals surface area contributed by atoms with Gasteiger partial charge in [-0.05, 0) is 13.0 Å². The highest BCUT2D eigenvalue weighted by Gasteiger charge is 2.19. The molecule has 3 N–H and O–H groups in total. The van der Waals surface area contributed by atoms with Crippen molar-refractivity contribution in [3.05, 3.63) is 21.6 Å². The predicted octanol–water partition coefficient (Wildman–Crippen LogP) is -0.445. The van der Waals surface area contributed by atoms with Gasteiger partial charge in [0.15, 0.2) is 0 Å². The summed E-state index contributed by atoms with van der Waals surface area (Å²) in [6.07, 6.45) is 0.820. The van der Waals surface area contributed by atoms with Gasteiger partial charge in [0.25, 0.3) is 5.56 Å². The van der Waals surface area contributed by atoms with Crippen LogP contribution in [0.4, 0.5) is 0 Å². The lowest BCUT2D eigenvalue weighted by Gasteiger charge is -1.99. The van der Waals surface area contributed by atoms with Gasteiger partial charge in [-0.25, -0.2) is 0 Å². The Bertz CT molecular complexity index is 353. The molecule has 0 spiro atoms. The smallest absolute Gasteiger partial charge is 0.272 e. The fraction of sp³-hybridized carbons (Fsp3) is 0.625. The molecule has 1 aromatic heterocycles. The summed E-state index contributed by atoms with van der Waals surface area (Å²) >= 11 is 0. The summed E-state index contributed by atoms with van der Waals surface area (Å²) < 4.78 is 6.74. The van der Waals surface area contributed by atoms with Gasteiger partial charge in [0.2, 0.25) is 0 Å². The van der Waals surface area contributed by atoms with Crippen LogP contribution in [-0.4, -0.2) is 16.3 Å². The van der Waals surface area contributed by atoms with Gasteiger partial charge in [-0.2, -0.15) is 0 Å². The molecule has 0 saturated heterocycles. The standard InChI is InChI=1S/C8H13N3O2/c9-2-1-3-11-8(12)6-4-13-5-7(6)10-11/h10H,1-5,9H2. The Morgan fingerprint density at radius 3 is 3.08 bits per heavy atom. The van der Waals surface area contributed by atoms with Crippen LogP contribution in [0.1, 0.15) is 17.7 Å². The number of nitrogens with one attached hydrogen (secondary N) is 1. The molecule has 0 saturated carbocycles. The van der Waals surface area contributed by atoms with E-state index in [1.807, 2.05) is 0 Å². The number of hydrogen-bond donors (Lipinski definition) is 2. The largest absolute Gasteiger partial charge is 0.370 e. The van der Waals surface area contributed by atoms with Crippen molar-refractivity contribution in [1.29, 1.82) is 0 Å². The number of nitrogens with two attached hydrogens (primary N) is 1. The van der Waals surface area contributed by atoms with Crippen LogP contribution in [0.5, 0.6) is 0 Å². The predicted molar refractivity (Wildman–Crippen MR) is 47.2 cm³/mol. The fourth-order valence-corrected chi connectivity index (χ4v) is 1.50. The minimum absolute atomic E-state index is 0.0425. The fourth-order valence-electron chi connectivity index (χ4n) is 1.50. The van der Waals surface area contributed by atoms with Crippen molar-refractivity contribution in [3.63, 3.8) is 0 Å². The normalized spacial score (nSPS) is 14.8. The number of fused-ring (bicyclic) bond motifs is 1. The average Bonchev–Trinajstić information content (AvgIpc) is 2.67. The number of aromatic amines is 1. The zero-order chi connectivity index (χ0) is 9.26. The lowest BCUT2D eigenvalue weighted by molar-refractivity contribution is 0.130. The third-order valence-electron chi connectivity index (χ3n) is 2.22. The monoisotopic (exact) mass is 183 g/mol. The van der Waals surface area contributed by atoms with Crippen LogP contribution in [0.2, 0.25) is 0 Å². The van der Waals surface area contributed by atoms with E-state index < -0.39 is 0 Å². The van der Waals surface area contributed by atoms with Crippen molar-refractivity contribution >= 4 is 0 Å². The Labute approximate surface area is 75.5 Å². The maximum atomic E-state index is 11.6. The van der Waals surface area contributed by atoms with Gasteiger partial charge >= 0.3 is 0 Å². The average molecular weight is 183 g/mol. The van der Waals surface area contributed by atoms with Crippen molar-refractivity contribution in [2.45, 2.75) is 26.2 Å². The Morgan fingerprint density at radius 2 is 2.38 bits per heavy atom. The second-order valence-corrected chi connectivity index (χ2v) is 3.16. The van der Waals surface area contributed by atoms with Crippen molar-refractivity contribution in [1.82, 2.24) is 9.78 Å². The maximum Gasteiger partial charge on any atom is 0.272 e. The summed E-state index contributed by atoms with van der Waals surface area (Å²) in [5, 5.41) is 3.02. The number of rotatable bonds is 3. The zero-order valence-corrected chi connectivity index (χ0v) is 7.38. The molecule has 0 unspecified atom stereocenters. The van der Waals surface area contributed by atoms with E-state index >= 15 is 0 Å². The van der Waals surface area contributed by atoms with Gasteiger partial charge in [-0.1, -0.05) is 0 Å². The summed E-state index contributed by atoms with van der Waals surface area (Å²) in [5.41, 5.74) is 7.10. The van der Waals surface area contributed by atoms with Gasteiger partial charge in [0.1, 0.15) is 0 Å². The minimum Gasteiger partial charge on any atom is -0.370 e. The molecule has 0 radical (unpaired) electrons. The molecular formula is C8H13N3O2. The molecule has 5 heteroatoms. The molecule has 0 bridgehead atoms. The number of H-pyrrole nitrogens is 1. The lowest BCUT2D eigenvalue weighted by Crippen LogP contribution is -2.20. The highest BCUT2D eigenvalue weighted by Crippen LogP contribution is 2.12. The molecule has 2 rings (SSSR count). The molecule has 0 aliphatic carbocycles. The van der Waals surface area contributed by atoms with Crippen LogP contribution in [0.15, 0.2) is 4.79 Å². The van der Waals surface area contributed by atoms with E-state index in [0.717, 1.165) is 17.7 Å². The van der Waals surface area contributed by atoms with Gasteiger partial charge in [0, 0.05) is 6.54 Å². The van der Waals surface area contributed by atoms with Crippen molar-refractivity contribution in [2.75, 3.05) is 6.54 Å². The minimum atomic E-state index is 0.0425. The first-order chi connectivity index (χ1) is 6.33. The maximum absolute atomic E-state index is 11.6. The Morgan fingerprint density at radius 1 is 1.54 bits per heavy atom. The molecule has 72 valence electrons. The zero-order valence-electron chi connectivity index (χ0n) is 7.38. The van der Waals surface area contributed by atoms with E-state index in [4.69, 9.17) is 10.5 Å². The van der Waals surface area contributed by atoms with E-state index in [2.05, 4.69) is 5.10 Å². The van der Waals surface area contributed by atoms with Crippen molar-refractivity contribution in [3.8, 4) is 0 Å². The molecule has 0 aromatic carbocycles. The van der Waals surface area contributed by atoms with Crippen LogP contribution < -0.4 is 11.3 Å². The van der Waals surface area contributed by atoms with Gasteiger partial charge < -0.3 is 10.5 Å². The van der Waals surface area contributed by atoms with Gasteiger partial charge in [0.05, 0.1) is 24.5 Å². The Balaban J connectivity index is 2.24. The number of nitrogens with zero attached hydrogens (tertiary/aromatic N) is 1. The SMILES string of the molecule is NCCCn1[nH]c2c(c1=O)COC2. The molecular weight excluding hydrogens is 170 g/mol. The molecule has 2 heterocycles. The first-order valence-corrected chi connectivity index (χ1v) is 4.41. The summed E-state index contributed by atoms with van der Waals surface area (Å²) in [6.45, 7) is 2.25. The molecule has 1 aliphatic heterocycles. The molecule has 5 nitrogen and oxygen atoms in total. The third-order valence-corrected chi connectivity index (χ3v) is 2.22. The summed E-state index contributed by atoms with van der Waals surface area (Å²) in [6, 6.07) is 0. The molecule has 0 amide bonds. The van der Waals surface area contributed by atoms with Crippen LogP contribution in [0.3, 0.4) is 0 Å². The first-order valence-electron chi connectivity index (χ1n) is 4.41. The first kappa shape index (κ1) is 8.52. The summed E-state index contributed by atoms with van der Waals surface area (Å²) in [5.74, 6) is 0. The van der Waals surface area contributed by atoms with Gasteiger partial charge in [-0.3, -0.25) is 14.6 Å². The molecule has 1 aromatic rings. The van der Waals surface area contributed by atoms with Crippen molar-refractivity contribution in [2.24, 2.45) is 5.73 Å². The van der Waals surface area contributed by atoms with Crippen LogP contribution in [0, 0.1) is 0 Å². The van der Waals surface area contributed by atoms with E-state index in [1.54, 1.807) is 4.68 Å². The van der Waals surface area contributed by atoms with E-state index in [9.17, 15) is 4.79 Å². The summed E-state index contributed by atoms with van der Waals surface area (Å²) in [4.78, 5) is 11.6. The second-order valence-electron chi connectivity index (χ2n) is 3.16. The number of aromatic nitrogens is 2. The topological polar surface area (TPSA) is 73.0 Å². The second kappa shape index (κ2) is 3.35. The van der Waals surface area contributed by atoms with Crippen LogP contribution in [0.25, 0.3) is 0 Å². The lowest BCUT2D eigenvalue weighted by atomic mass is 10.3. The van der Waals surface area contributed by atoms with E-state index in [1.165, 1.54) is 0 Å². The van der Waals surface area contributed by atoms with Crippen LogP contribution in [-0.2, 0) is 24.5 Å². The van der Waals surface area contributed by atoms with E-state index in [0.29, 0.717) is 26.3 Å². The van der Waals surface area contributed by atoms with E-state index in [-0.39, 0.29) is 5.56 Å². The Hall–Kier alpha value is -1.07. The number of ether oxygens (including phenoxy) is 1. The highest BCUT2D eigenvalue weighted by atomic mass is 16.5. The number of aryl methyl sites for hydroxylation is 1.